The van der Waals surface area contributed by atoms with Crippen molar-refractivity contribution in [2.45, 2.75) is 0 Å². The van der Waals surface area contributed by atoms with Gasteiger partial charge in [0, 0.05) is 23.6 Å². The minimum Gasteiger partial charge on any atom is -0.324 e. The third kappa shape index (κ3) is 3.29. The molecule has 0 aliphatic carbocycles. The predicted octanol–water partition coefficient (Wildman–Crippen LogP) is 3.44. The standard InChI is InChI=1S/C16H12FN3OS/c17-15-8-7-14(22-15)11-18-19-16(21)12-3-5-13(6-4-12)20-9-1-2-10-20/h1-11H,(H,19,21)/b18-11+. The van der Waals surface area contributed by atoms with Crippen molar-refractivity contribution in [3.05, 3.63) is 76.5 Å². The summed E-state index contributed by atoms with van der Waals surface area (Å²) in [5.74, 6) is -0.313. The highest BCUT2D eigenvalue weighted by Gasteiger charge is 2.04. The maximum Gasteiger partial charge on any atom is 0.271 e. The molecule has 0 radical (unpaired) electrons. The van der Waals surface area contributed by atoms with E-state index < -0.39 is 0 Å². The lowest BCUT2D eigenvalue weighted by molar-refractivity contribution is 0.0955. The number of carbonyl (C=O) groups is 1. The van der Waals surface area contributed by atoms with E-state index in [0.717, 1.165) is 17.0 Å². The molecule has 2 aromatic heterocycles. The van der Waals surface area contributed by atoms with Crippen LogP contribution >= 0.6 is 11.3 Å². The fourth-order valence-electron chi connectivity index (χ4n) is 1.91. The van der Waals surface area contributed by atoms with Crippen LogP contribution in [0.5, 0.6) is 0 Å². The lowest BCUT2D eigenvalue weighted by atomic mass is 10.2. The maximum atomic E-state index is 12.8. The molecule has 0 aliphatic heterocycles. The summed E-state index contributed by atoms with van der Waals surface area (Å²) < 4.78 is 14.7. The second kappa shape index (κ2) is 6.36. The smallest absolute Gasteiger partial charge is 0.271 e. The number of hydrogen-bond acceptors (Lipinski definition) is 3. The van der Waals surface area contributed by atoms with Crippen molar-refractivity contribution in [3.63, 3.8) is 0 Å². The molecule has 0 aliphatic rings. The Morgan fingerprint density at radius 1 is 1.14 bits per heavy atom. The summed E-state index contributed by atoms with van der Waals surface area (Å²) in [6.45, 7) is 0. The molecule has 1 amide bonds. The molecule has 0 spiro atoms. The number of thiophene rings is 1. The van der Waals surface area contributed by atoms with Crippen LogP contribution in [0, 0.1) is 5.13 Å². The molecular weight excluding hydrogens is 301 g/mol. The van der Waals surface area contributed by atoms with Gasteiger partial charge in [-0.2, -0.15) is 9.49 Å². The molecule has 0 unspecified atom stereocenters. The third-order valence-corrected chi connectivity index (χ3v) is 3.79. The number of halogens is 1. The monoisotopic (exact) mass is 313 g/mol. The van der Waals surface area contributed by atoms with Crippen LogP contribution in [-0.4, -0.2) is 16.7 Å². The van der Waals surface area contributed by atoms with E-state index in [1.807, 2.05) is 41.2 Å². The highest BCUT2D eigenvalue weighted by Crippen LogP contribution is 2.12. The zero-order valence-corrected chi connectivity index (χ0v) is 12.3. The van der Waals surface area contributed by atoms with Crippen LogP contribution in [0.15, 0.2) is 66.0 Å². The Bertz CT molecular complexity index is 791. The van der Waals surface area contributed by atoms with E-state index in [2.05, 4.69) is 10.5 Å². The first kappa shape index (κ1) is 14.2. The second-order valence-corrected chi connectivity index (χ2v) is 5.54. The van der Waals surface area contributed by atoms with Crippen LogP contribution in [0.3, 0.4) is 0 Å². The van der Waals surface area contributed by atoms with E-state index >= 15 is 0 Å². The Morgan fingerprint density at radius 2 is 1.86 bits per heavy atom. The summed E-state index contributed by atoms with van der Waals surface area (Å²) in [5, 5.41) is 3.53. The van der Waals surface area contributed by atoms with Crippen LogP contribution in [0.2, 0.25) is 0 Å². The molecule has 110 valence electrons. The van der Waals surface area contributed by atoms with Crippen LogP contribution in [0.1, 0.15) is 15.2 Å². The molecule has 3 aromatic rings. The van der Waals surface area contributed by atoms with Gasteiger partial charge >= 0.3 is 0 Å². The SMILES string of the molecule is O=C(N/N=C/c1ccc(F)s1)c1ccc(-n2cccc2)cc1. The maximum absolute atomic E-state index is 12.8. The van der Waals surface area contributed by atoms with Crippen molar-refractivity contribution >= 4 is 23.5 Å². The zero-order chi connectivity index (χ0) is 15.4. The van der Waals surface area contributed by atoms with Gasteiger partial charge in [-0.05, 0) is 48.5 Å². The molecule has 0 fully saturated rings. The van der Waals surface area contributed by atoms with Crippen molar-refractivity contribution in [2.24, 2.45) is 5.10 Å². The van der Waals surface area contributed by atoms with Gasteiger partial charge in [-0.25, -0.2) is 5.43 Å². The molecule has 1 aromatic carbocycles. The predicted molar refractivity (Wildman–Crippen MR) is 85.1 cm³/mol. The van der Waals surface area contributed by atoms with Crippen LogP contribution in [-0.2, 0) is 0 Å². The topological polar surface area (TPSA) is 46.4 Å². The fraction of sp³-hybridized carbons (Fsp3) is 0. The number of rotatable bonds is 4. The summed E-state index contributed by atoms with van der Waals surface area (Å²) >= 11 is 0.966. The van der Waals surface area contributed by atoms with Crippen molar-refractivity contribution in [1.82, 2.24) is 9.99 Å². The Kier molecular flexibility index (Phi) is 4.11. The van der Waals surface area contributed by atoms with E-state index in [9.17, 15) is 9.18 Å². The molecular formula is C16H12FN3OS. The number of aromatic nitrogens is 1. The van der Waals surface area contributed by atoms with Crippen LogP contribution in [0.25, 0.3) is 5.69 Å². The molecule has 4 nitrogen and oxygen atoms in total. The van der Waals surface area contributed by atoms with Gasteiger partial charge in [0.05, 0.1) is 11.1 Å². The van der Waals surface area contributed by atoms with Gasteiger partial charge in [-0.1, -0.05) is 0 Å². The van der Waals surface area contributed by atoms with Crippen molar-refractivity contribution < 1.29 is 9.18 Å². The molecule has 6 heteroatoms. The van der Waals surface area contributed by atoms with Crippen molar-refractivity contribution in [3.8, 4) is 5.69 Å². The highest BCUT2D eigenvalue weighted by molar-refractivity contribution is 7.12. The summed E-state index contributed by atoms with van der Waals surface area (Å²) in [5.41, 5.74) is 3.90. The first-order valence-electron chi connectivity index (χ1n) is 6.54. The third-order valence-electron chi connectivity index (χ3n) is 2.98. The van der Waals surface area contributed by atoms with E-state index in [1.54, 1.807) is 18.2 Å². The van der Waals surface area contributed by atoms with E-state index in [-0.39, 0.29) is 11.0 Å². The number of hydrogen-bond donors (Lipinski definition) is 1. The summed E-state index contributed by atoms with van der Waals surface area (Å²) in [7, 11) is 0. The second-order valence-electron chi connectivity index (χ2n) is 4.48. The van der Waals surface area contributed by atoms with Gasteiger partial charge in [0.15, 0.2) is 5.13 Å². The minimum atomic E-state index is -0.313. The molecule has 0 saturated heterocycles. The molecule has 0 saturated carbocycles. The van der Waals surface area contributed by atoms with Crippen LogP contribution in [0.4, 0.5) is 4.39 Å². The average Bonchev–Trinajstić information content (AvgIpc) is 3.19. The largest absolute Gasteiger partial charge is 0.324 e. The first-order chi connectivity index (χ1) is 10.7. The number of hydrazone groups is 1. The van der Waals surface area contributed by atoms with E-state index in [0.29, 0.717) is 10.4 Å². The Balaban J connectivity index is 1.64. The molecule has 1 N–H and O–H groups in total. The molecule has 2 heterocycles. The van der Waals surface area contributed by atoms with Gasteiger partial charge in [-0.3, -0.25) is 4.79 Å². The molecule has 3 rings (SSSR count). The Labute approximate surface area is 130 Å². The molecule has 22 heavy (non-hydrogen) atoms. The number of carbonyl (C=O) groups excluding carboxylic acids is 1. The first-order valence-corrected chi connectivity index (χ1v) is 7.36. The van der Waals surface area contributed by atoms with Gasteiger partial charge in [0.1, 0.15) is 0 Å². The average molecular weight is 313 g/mol. The Morgan fingerprint density at radius 3 is 2.50 bits per heavy atom. The van der Waals surface area contributed by atoms with Gasteiger partial charge < -0.3 is 4.57 Å². The zero-order valence-electron chi connectivity index (χ0n) is 11.4. The fourth-order valence-corrected chi connectivity index (χ4v) is 2.51. The number of benzene rings is 1. The number of nitrogens with zero attached hydrogens (tertiary/aromatic N) is 2. The summed E-state index contributed by atoms with van der Waals surface area (Å²) in [4.78, 5) is 12.6. The van der Waals surface area contributed by atoms with E-state index in [4.69, 9.17) is 0 Å². The summed E-state index contributed by atoms with van der Waals surface area (Å²) in [6, 6.07) is 14.0. The molecule has 0 bridgehead atoms. The van der Waals surface area contributed by atoms with Crippen molar-refractivity contribution in [1.29, 1.82) is 0 Å². The van der Waals surface area contributed by atoms with Crippen LogP contribution < -0.4 is 5.43 Å². The summed E-state index contributed by atoms with van der Waals surface area (Å²) in [6.07, 6.45) is 5.28. The normalized spacial score (nSPS) is 11.0. The molecule has 0 atom stereocenters. The number of nitrogens with one attached hydrogen (secondary N) is 1. The van der Waals surface area contributed by atoms with Gasteiger partial charge in [0.25, 0.3) is 5.91 Å². The van der Waals surface area contributed by atoms with E-state index in [1.165, 1.54) is 12.3 Å². The van der Waals surface area contributed by atoms with Gasteiger partial charge in [0.2, 0.25) is 0 Å². The lowest BCUT2D eigenvalue weighted by Gasteiger charge is -2.04. The lowest BCUT2D eigenvalue weighted by Crippen LogP contribution is -2.17. The highest BCUT2D eigenvalue weighted by atomic mass is 32.1. The van der Waals surface area contributed by atoms with Gasteiger partial charge in [-0.15, -0.1) is 11.3 Å². The Hall–Kier alpha value is -2.73. The van der Waals surface area contributed by atoms with Crippen molar-refractivity contribution in [2.75, 3.05) is 0 Å². The quantitative estimate of drug-likeness (QED) is 0.582. The number of amides is 1. The minimum absolute atomic E-state index is 0.284.